The predicted molar refractivity (Wildman–Crippen MR) is 66.0 cm³/mol. The number of amides is 1. The average molecular weight is 280 g/mol. The van der Waals surface area contributed by atoms with Gasteiger partial charge in [-0.2, -0.15) is 0 Å². The molecule has 2 saturated carbocycles. The van der Waals surface area contributed by atoms with Crippen molar-refractivity contribution in [3.8, 4) is 0 Å². The van der Waals surface area contributed by atoms with Crippen LogP contribution in [0, 0.1) is 5.41 Å². The molecule has 0 aromatic carbocycles. The van der Waals surface area contributed by atoms with Gasteiger partial charge >= 0.3 is 5.97 Å². The number of aliphatic carboxylic acids is 1. The highest BCUT2D eigenvalue weighted by atomic mass is 16.5. The van der Waals surface area contributed by atoms with Crippen molar-refractivity contribution < 1.29 is 19.4 Å². The largest absolute Gasteiger partial charge is 0.480 e. The number of hydrogen-bond donors (Lipinski definition) is 2. The van der Waals surface area contributed by atoms with Gasteiger partial charge in [-0.3, -0.25) is 9.59 Å². The number of methoxy groups -OCH3 is 1. The van der Waals surface area contributed by atoms with Crippen LogP contribution in [0.1, 0.15) is 29.8 Å². The fourth-order valence-corrected chi connectivity index (χ4v) is 2.87. The van der Waals surface area contributed by atoms with Crippen LogP contribution in [0.25, 0.3) is 0 Å². The molecule has 1 aromatic heterocycles. The lowest BCUT2D eigenvalue weighted by atomic mass is 9.78. The number of nitrogens with zero attached hydrogens (tertiary/aromatic N) is 3. The molecule has 2 N–H and O–H groups in total. The standard InChI is InChI=1S/C12H16N4O4/c1-20-7-2-12(3-7)4-9(12)13-11(19)8-5-16(15-14-8)6-10(17)18/h5,7,9H,2-4,6H2,1H3,(H,13,19)(H,17,18). The lowest BCUT2D eigenvalue weighted by molar-refractivity contribution is -0.137. The van der Waals surface area contributed by atoms with E-state index in [1.54, 1.807) is 7.11 Å². The lowest BCUT2D eigenvalue weighted by Gasteiger charge is -2.35. The van der Waals surface area contributed by atoms with Crippen molar-refractivity contribution in [1.29, 1.82) is 0 Å². The Morgan fingerprint density at radius 3 is 2.95 bits per heavy atom. The summed E-state index contributed by atoms with van der Waals surface area (Å²) in [5.41, 5.74) is 0.365. The van der Waals surface area contributed by atoms with Crippen molar-refractivity contribution in [2.75, 3.05) is 7.11 Å². The maximum absolute atomic E-state index is 12.0. The summed E-state index contributed by atoms with van der Waals surface area (Å²) in [5.74, 6) is -1.33. The first kappa shape index (κ1) is 13.0. The summed E-state index contributed by atoms with van der Waals surface area (Å²) in [6.45, 7) is -0.302. The summed E-state index contributed by atoms with van der Waals surface area (Å²) < 4.78 is 6.38. The van der Waals surface area contributed by atoms with Gasteiger partial charge in [0, 0.05) is 13.2 Å². The van der Waals surface area contributed by atoms with E-state index >= 15 is 0 Å². The first-order chi connectivity index (χ1) is 9.52. The van der Waals surface area contributed by atoms with Crippen molar-refractivity contribution in [2.24, 2.45) is 5.41 Å². The van der Waals surface area contributed by atoms with Crippen LogP contribution in [-0.4, -0.2) is 51.2 Å². The van der Waals surface area contributed by atoms with Crippen LogP contribution in [-0.2, 0) is 16.1 Å². The fourth-order valence-electron chi connectivity index (χ4n) is 2.87. The summed E-state index contributed by atoms with van der Waals surface area (Å²) in [6, 6.07) is 0.172. The molecule has 1 heterocycles. The smallest absolute Gasteiger partial charge is 0.325 e. The number of ether oxygens (including phenoxy) is 1. The Kier molecular flexibility index (Phi) is 2.97. The zero-order valence-corrected chi connectivity index (χ0v) is 11.1. The van der Waals surface area contributed by atoms with Crippen molar-refractivity contribution in [1.82, 2.24) is 20.3 Å². The number of rotatable bonds is 5. The molecular weight excluding hydrogens is 264 g/mol. The number of aromatic nitrogens is 3. The monoisotopic (exact) mass is 280 g/mol. The molecule has 0 radical (unpaired) electrons. The topological polar surface area (TPSA) is 106 Å². The van der Waals surface area contributed by atoms with E-state index in [1.807, 2.05) is 0 Å². The molecule has 8 nitrogen and oxygen atoms in total. The molecule has 0 bridgehead atoms. The molecule has 0 saturated heterocycles. The molecule has 3 rings (SSSR count). The van der Waals surface area contributed by atoms with Crippen LogP contribution in [0.5, 0.6) is 0 Å². The number of carboxylic acids is 1. The molecule has 0 aliphatic heterocycles. The van der Waals surface area contributed by atoms with Gasteiger partial charge in [-0.05, 0) is 24.7 Å². The van der Waals surface area contributed by atoms with Crippen molar-refractivity contribution in [3.63, 3.8) is 0 Å². The van der Waals surface area contributed by atoms with Gasteiger partial charge in [0.15, 0.2) is 5.69 Å². The Morgan fingerprint density at radius 1 is 1.55 bits per heavy atom. The number of carbonyl (C=O) groups is 2. The van der Waals surface area contributed by atoms with Gasteiger partial charge in [-0.1, -0.05) is 5.21 Å². The minimum absolute atomic E-state index is 0.149. The Hall–Kier alpha value is -1.96. The summed E-state index contributed by atoms with van der Waals surface area (Å²) in [6.07, 6.45) is 4.60. The summed E-state index contributed by atoms with van der Waals surface area (Å²) in [4.78, 5) is 22.5. The summed E-state index contributed by atoms with van der Waals surface area (Å²) in [7, 11) is 1.70. The van der Waals surface area contributed by atoms with Crippen LogP contribution in [0.3, 0.4) is 0 Å². The van der Waals surface area contributed by atoms with Gasteiger partial charge < -0.3 is 15.2 Å². The van der Waals surface area contributed by atoms with Gasteiger partial charge in [-0.25, -0.2) is 4.68 Å². The van der Waals surface area contributed by atoms with E-state index in [9.17, 15) is 9.59 Å². The van der Waals surface area contributed by atoms with E-state index in [2.05, 4.69) is 15.6 Å². The molecule has 2 aliphatic rings. The number of carbonyl (C=O) groups excluding carboxylic acids is 1. The quantitative estimate of drug-likeness (QED) is 0.764. The highest BCUT2D eigenvalue weighted by Crippen LogP contribution is 2.61. The van der Waals surface area contributed by atoms with Crippen LogP contribution in [0.2, 0.25) is 0 Å². The SMILES string of the molecule is COC1CC2(C1)CC2NC(=O)c1cn(CC(=O)O)nn1. The first-order valence-corrected chi connectivity index (χ1v) is 6.48. The molecule has 108 valence electrons. The molecule has 1 aromatic rings. The van der Waals surface area contributed by atoms with Crippen LogP contribution in [0.15, 0.2) is 6.20 Å². The van der Waals surface area contributed by atoms with Crippen molar-refractivity contribution in [3.05, 3.63) is 11.9 Å². The predicted octanol–water partition coefficient (Wildman–Crippen LogP) is -0.340. The molecule has 2 fully saturated rings. The number of carboxylic acid groups (broad SMARTS) is 1. The fraction of sp³-hybridized carbons (Fsp3) is 0.667. The molecule has 1 amide bonds. The van der Waals surface area contributed by atoms with Gasteiger partial charge in [0.2, 0.25) is 0 Å². The Bertz CT molecular complexity index is 549. The summed E-state index contributed by atoms with van der Waals surface area (Å²) >= 11 is 0. The lowest BCUT2D eigenvalue weighted by Crippen LogP contribution is -2.39. The van der Waals surface area contributed by atoms with E-state index in [0.29, 0.717) is 6.10 Å². The van der Waals surface area contributed by atoms with E-state index in [-0.39, 0.29) is 29.6 Å². The van der Waals surface area contributed by atoms with Gasteiger partial charge in [0.1, 0.15) is 6.54 Å². The third-order valence-electron chi connectivity index (χ3n) is 4.17. The molecule has 1 atom stereocenters. The molecule has 1 spiro atoms. The molecular formula is C12H16N4O4. The van der Waals surface area contributed by atoms with Crippen molar-refractivity contribution >= 4 is 11.9 Å². The highest BCUT2D eigenvalue weighted by Gasteiger charge is 2.62. The van der Waals surface area contributed by atoms with Crippen LogP contribution < -0.4 is 5.32 Å². The van der Waals surface area contributed by atoms with E-state index in [4.69, 9.17) is 9.84 Å². The maximum atomic E-state index is 12.0. The normalized spacial score (nSPS) is 30.9. The Morgan fingerprint density at radius 2 is 2.30 bits per heavy atom. The zero-order valence-electron chi connectivity index (χ0n) is 11.1. The second-order valence-corrected chi connectivity index (χ2v) is 5.55. The second-order valence-electron chi connectivity index (χ2n) is 5.55. The van der Waals surface area contributed by atoms with Crippen LogP contribution in [0.4, 0.5) is 0 Å². The minimum Gasteiger partial charge on any atom is -0.480 e. The minimum atomic E-state index is -1.02. The maximum Gasteiger partial charge on any atom is 0.325 e. The van der Waals surface area contributed by atoms with Gasteiger partial charge in [0.05, 0.1) is 12.3 Å². The Labute approximate surface area is 115 Å². The van der Waals surface area contributed by atoms with Crippen molar-refractivity contribution in [2.45, 2.75) is 38.0 Å². The molecule has 2 aliphatic carbocycles. The first-order valence-electron chi connectivity index (χ1n) is 6.48. The van der Waals surface area contributed by atoms with E-state index < -0.39 is 5.97 Å². The highest BCUT2D eigenvalue weighted by molar-refractivity contribution is 5.92. The third kappa shape index (κ3) is 2.26. The molecule has 20 heavy (non-hydrogen) atoms. The molecule has 8 heteroatoms. The molecule has 1 unspecified atom stereocenters. The van der Waals surface area contributed by atoms with Crippen LogP contribution >= 0.6 is 0 Å². The average Bonchev–Trinajstić information content (AvgIpc) is 2.85. The van der Waals surface area contributed by atoms with Gasteiger partial charge in [0.25, 0.3) is 5.91 Å². The zero-order chi connectivity index (χ0) is 14.3. The number of hydrogen-bond acceptors (Lipinski definition) is 5. The second kappa shape index (κ2) is 4.55. The Balaban J connectivity index is 1.53. The van der Waals surface area contributed by atoms with E-state index in [0.717, 1.165) is 23.9 Å². The van der Waals surface area contributed by atoms with Gasteiger partial charge in [-0.15, -0.1) is 5.10 Å². The van der Waals surface area contributed by atoms with E-state index in [1.165, 1.54) is 6.20 Å². The third-order valence-corrected chi connectivity index (χ3v) is 4.17. The summed E-state index contributed by atoms with van der Waals surface area (Å²) in [5, 5.41) is 18.8. The number of nitrogens with one attached hydrogen (secondary N) is 1.